The van der Waals surface area contributed by atoms with Gasteiger partial charge in [0.2, 0.25) is 0 Å². The summed E-state index contributed by atoms with van der Waals surface area (Å²) in [7, 11) is -7.89. The minimum atomic E-state index is -3.94. The quantitative estimate of drug-likeness (QED) is 0.707. The maximum atomic E-state index is 12.1. The maximum absolute atomic E-state index is 12.1. The van der Waals surface area contributed by atoms with Crippen molar-refractivity contribution in [2.24, 2.45) is 0 Å². The van der Waals surface area contributed by atoms with Gasteiger partial charge in [-0.05, 0) is 38.1 Å². The van der Waals surface area contributed by atoms with Gasteiger partial charge >= 0.3 is 15.2 Å². The number of pyridine rings is 2. The van der Waals surface area contributed by atoms with E-state index < -0.39 is 15.2 Å². The summed E-state index contributed by atoms with van der Waals surface area (Å²) >= 11 is 0. The van der Waals surface area contributed by atoms with E-state index in [1.807, 2.05) is 0 Å². The fourth-order valence-electron chi connectivity index (χ4n) is 1.97. The molecular weight excluding hydrogens is 354 g/mol. The zero-order valence-corrected chi connectivity index (χ0v) is 15.0. The van der Waals surface area contributed by atoms with Crippen LogP contribution in [0.25, 0.3) is 11.4 Å². The van der Waals surface area contributed by atoms with Gasteiger partial charge in [0.05, 0.1) is 35.2 Å². The average molecular weight is 372 g/mol. The first-order valence-electron chi connectivity index (χ1n) is 7.18. The molecule has 0 aromatic carbocycles. The summed E-state index contributed by atoms with van der Waals surface area (Å²) in [5.41, 5.74) is 0.555. The molecule has 2 aromatic rings. The molecule has 0 amide bonds. The van der Waals surface area contributed by atoms with E-state index in [2.05, 4.69) is 9.97 Å². The molecule has 0 fully saturated rings. The topological polar surface area (TPSA) is 119 Å². The second kappa shape index (κ2) is 7.66. The summed E-state index contributed by atoms with van der Waals surface area (Å²) in [4.78, 5) is 28.0. The molecule has 0 aliphatic rings. The van der Waals surface area contributed by atoms with E-state index in [0.29, 0.717) is 0 Å². The van der Waals surface area contributed by atoms with Crippen LogP contribution < -0.4 is 10.6 Å². The highest BCUT2D eigenvalue weighted by Gasteiger charge is 2.25. The Morgan fingerprint density at radius 2 is 1.25 bits per heavy atom. The van der Waals surface area contributed by atoms with Crippen molar-refractivity contribution in [1.82, 2.24) is 9.97 Å². The second-order valence-electron chi connectivity index (χ2n) is 4.67. The Morgan fingerprint density at radius 1 is 0.875 bits per heavy atom. The monoisotopic (exact) mass is 372 g/mol. The van der Waals surface area contributed by atoms with E-state index >= 15 is 0 Å². The maximum Gasteiger partial charge on any atom is 0.358 e. The first-order chi connectivity index (χ1) is 11.3. The lowest BCUT2D eigenvalue weighted by molar-refractivity contribution is 0.283. The predicted octanol–water partition coefficient (Wildman–Crippen LogP) is 1.84. The largest absolute Gasteiger partial charge is 0.358 e. The fraction of sp³-hybridized carbons (Fsp3) is 0.286. The van der Waals surface area contributed by atoms with Crippen LogP contribution in [0.4, 0.5) is 0 Å². The van der Waals surface area contributed by atoms with Crippen LogP contribution in [0, 0.1) is 0 Å². The van der Waals surface area contributed by atoms with Gasteiger partial charge in [-0.15, -0.1) is 0 Å². The van der Waals surface area contributed by atoms with Crippen LogP contribution in [0.5, 0.6) is 0 Å². The number of rotatable bonds is 7. The van der Waals surface area contributed by atoms with Crippen molar-refractivity contribution >= 4 is 25.8 Å². The van der Waals surface area contributed by atoms with Crippen LogP contribution in [-0.4, -0.2) is 33.0 Å². The van der Waals surface area contributed by atoms with Gasteiger partial charge < -0.3 is 18.8 Å². The predicted molar refractivity (Wildman–Crippen MR) is 89.6 cm³/mol. The van der Waals surface area contributed by atoms with E-state index in [1.165, 1.54) is 36.7 Å². The molecular formula is C14H18N2O6P2. The molecule has 130 valence electrons. The van der Waals surface area contributed by atoms with Gasteiger partial charge in [0.25, 0.3) is 0 Å². The zero-order chi connectivity index (χ0) is 17.8. The normalized spacial score (nSPS) is 16.3. The third-order valence-electron chi connectivity index (χ3n) is 3.01. The van der Waals surface area contributed by atoms with Crippen molar-refractivity contribution in [1.29, 1.82) is 0 Å². The molecule has 2 N–H and O–H groups in total. The highest BCUT2D eigenvalue weighted by molar-refractivity contribution is 7.61. The molecule has 0 aliphatic carbocycles. The Morgan fingerprint density at radius 3 is 1.58 bits per heavy atom. The van der Waals surface area contributed by atoms with E-state index in [4.69, 9.17) is 9.05 Å². The van der Waals surface area contributed by atoms with E-state index in [9.17, 15) is 18.9 Å². The molecule has 2 unspecified atom stereocenters. The Labute approximate surface area is 139 Å². The smallest absolute Gasteiger partial charge is 0.321 e. The van der Waals surface area contributed by atoms with Crippen molar-refractivity contribution in [3.8, 4) is 11.4 Å². The summed E-state index contributed by atoms with van der Waals surface area (Å²) in [6.07, 6.45) is 2.70. The highest BCUT2D eigenvalue weighted by atomic mass is 31.2. The molecule has 0 saturated heterocycles. The van der Waals surface area contributed by atoms with Gasteiger partial charge in [-0.25, -0.2) is 0 Å². The molecule has 2 rings (SSSR count). The fourth-order valence-corrected chi connectivity index (χ4v) is 4.05. The van der Waals surface area contributed by atoms with E-state index in [0.717, 1.165) is 0 Å². The standard InChI is InChI=1S/C14H18N2O6P2/c1-3-21-23(17,18)11-5-7-15-13(9-11)14-10-12(6-8-16-14)24(19,20)22-4-2/h5-10H,3-4H2,1-2H3,(H,17,18)(H,19,20). The number of nitrogens with zero attached hydrogens (tertiary/aromatic N) is 2. The van der Waals surface area contributed by atoms with Crippen LogP contribution in [0.15, 0.2) is 36.7 Å². The zero-order valence-electron chi connectivity index (χ0n) is 13.2. The first kappa shape index (κ1) is 18.9. The van der Waals surface area contributed by atoms with Gasteiger partial charge in [0, 0.05) is 12.4 Å². The molecule has 0 spiro atoms. The van der Waals surface area contributed by atoms with Gasteiger partial charge in [-0.2, -0.15) is 0 Å². The molecule has 10 heteroatoms. The van der Waals surface area contributed by atoms with Crippen LogP contribution in [0.2, 0.25) is 0 Å². The lowest BCUT2D eigenvalue weighted by Crippen LogP contribution is -2.10. The summed E-state index contributed by atoms with van der Waals surface area (Å²) in [5, 5.41) is 0.136. The first-order valence-corrected chi connectivity index (χ1v) is 10.3. The summed E-state index contributed by atoms with van der Waals surface area (Å²) in [6.45, 7) is 3.40. The van der Waals surface area contributed by atoms with Crippen molar-refractivity contribution < 1.29 is 28.0 Å². The molecule has 2 heterocycles. The third kappa shape index (κ3) is 4.36. The number of hydrogen-bond donors (Lipinski definition) is 2. The van der Waals surface area contributed by atoms with Crippen LogP contribution in [0.3, 0.4) is 0 Å². The van der Waals surface area contributed by atoms with Crippen molar-refractivity contribution in [3.05, 3.63) is 36.7 Å². The molecule has 0 aliphatic heterocycles. The van der Waals surface area contributed by atoms with Crippen LogP contribution in [0.1, 0.15) is 13.8 Å². The molecule has 2 aromatic heterocycles. The SMILES string of the molecule is CCOP(=O)(O)c1ccnc(-c2cc(P(=O)(O)OCC)ccn2)c1. The van der Waals surface area contributed by atoms with Gasteiger partial charge in [-0.1, -0.05) is 0 Å². The Kier molecular flexibility index (Phi) is 6.04. The van der Waals surface area contributed by atoms with Crippen LogP contribution in [-0.2, 0) is 18.2 Å². The second-order valence-corrected chi connectivity index (χ2v) is 8.31. The Balaban J connectivity index is 2.43. The van der Waals surface area contributed by atoms with Crippen LogP contribution >= 0.6 is 15.2 Å². The molecule has 8 nitrogen and oxygen atoms in total. The lowest BCUT2D eigenvalue weighted by Gasteiger charge is -2.13. The Bertz CT molecular complexity index is 746. The average Bonchev–Trinajstić information content (AvgIpc) is 2.55. The molecule has 0 radical (unpaired) electrons. The minimum absolute atomic E-state index is 0.0681. The van der Waals surface area contributed by atoms with Gasteiger partial charge in [0.15, 0.2) is 0 Å². The summed E-state index contributed by atoms with van der Waals surface area (Å²) in [5.74, 6) is 0. The highest BCUT2D eigenvalue weighted by Crippen LogP contribution is 2.42. The molecule has 0 bridgehead atoms. The summed E-state index contributed by atoms with van der Waals surface area (Å²) < 4.78 is 33.9. The van der Waals surface area contributed by atoms with Gasteiger partial charge in [-0.3, -0.25) is 19.1 Å². The molecule has 2 atom stereocenters. The molecule has 24 heavy (non-hydrogen) atoms. The third-order valence-corrected chi connectivity index (χ3v) is 6.09. The van der Waals surface area contributed by atoms with Crippen molar-refractivity contribution in [2.45, 2.75) is 13.8 Å². The molecule has 0 saturated carbocycles. The lowest BCUT2D eigenvalue weighted by atomic mass is 10.2. The Hall–Kier alpha value is -1.40. The summed E-state index contributed by atoms with van der Waals surface area (Å²) in [6, 6.07) is 5.49. The van der Waals surface area contributed by atoms with E-state index in [-0.39, 0.29) is 35.2 Å². The minimum Gasteiger partial charge on any atom is -0.321 e. The number of aromatic nitrogens is 2. The van der Waals surface area contributed by atoms with E-state index in [1.54, 1.807) is 13.8 Å². The van der Waals surface area contributed by atoms with Gasteiger partial charge in [0.1, 0.15) is 0 Å². The van der Waals surface area contributed by atoms with Crippen molar-refractivity contribution in [2.75, 3.05) is 13.2 Å². The number of hydrogen-bond acceptors (Lipinski definition) is 6. The van der Waals surface area contributed by atoms with Crippen molar-refractivity contribution in [3.63, 3.8) is 0 Å².